The van der Waals surface area contributed by atoms with Crippen molar-refractivity contribution >= 4 is 14.0 Å². The molecule has 0 aromatic rings. The Morgan fingerprint density at radius 2 is 2.50 bits per heavy atom. The third kappa shape index (κ3) is 4.13. The highest BCUT2D eigenvalue weighted by Crippen LogP contribution is 1.84. The Hall–Kier alpha value is 0.130. The lowest BCUT2D eigenvalue weighted by Crippen LogP contribution is -1.99. The maximum Gasteiger partial charge on any atom is 0.0372 e. The van der Waals surface area contributed by atoms with Crippen molar-refractivity contribution in [3.8, 4) is 0 Å². The van der Waals surface area contributed by atoms with Crippen LogP contribution in [0.5, 0.6) is 0 Å². The van der Waals surface area contributed by atoms with Gasteiger partial charge in [0.2, 0.25) is 0 Å². The Kier molecular flexibility index (Phi) is 5.24. The van der Waals surface area contributed by atoms with Crippen molar-refractivity contribution in [3.63, 3.8) is 0 Å². The molecule has 2 heteroatoms. The highest BCUT2D eigenvalue weighted by atomic mass is 31.1. The van der Waals surface area contributed by atoms with Crippen molar-refractivity contribution in [2.45, 2.75) is 6.92 Å². The van der Waals surface area contributed by atoms with Crippen LogP contribution in [0.1, 0.15) is 6.92 Å². The summed E-state index contributed by atoms with van der Waals surface area (Å²) in [5.74, 6) is 2.12. The molecule has 0 amide bonds. The zero-order chi connectivity index (χ0) is 4.83. The summed E-state index contributed by atoms with van der Waals surface area (Å²) in [5, 5.41) is 3.03. The average molecular weight is 103 g/mol. The lowest BCUT2D eigenvalue weighted by atomic mass is 11.0. The van der Waals surface area contributed by atoms with E-state index >= 15 is 0 Å². The Labute approximate surface area is 40.6 Å². The van der Waals surface area contributed by atoms with Gasteiger partial charge in [0.25, 0.3) is 0 Å². The molecule has 0 aliphatic rings. The summed E-state index contributed by atoms with van der Waals surface area (Å²) in [5.41, 5.74) is 0. The summed E-state index contributed by atoms with van der Waals surface area (Å²) < 4.78 is 0. The molecule has 0 saturated heterocycles. The van der Waals surface area contributed by atoms with E-state index in [0.717, 1.165) is 6.29 Å². The van der Waals surface area contributed by atoms with Crippen LogP contribution in [0.3, 0.4) is 0 Å². The second-order valence-corrected chi connectivity index (χ2v) is 2.15. The highest BCUT2D eigenvalue weighted by molar-refractivity contribution is 7.38. The monoisotopic (exact) mass is 103 g/mol. The molecule has 0 atom stereocenters. The van der Waals surface area contributed by atoms with Crippen molar-refractivity contribution in [1.29, 1.82) is 0 Å². The van der Waals surface area contributed by atoms with Gasteiger partial charge in [-0.25, -0.2) is 0 Å². The van der Waals surface area contributed by atoms with Gasteiger partial charge in [0, 0.05) is 6.29 Å². The van der Waals surface area contributed by atoms with Gasteiger partial charge in [0.05, 0.1) is 0 Å². The molecule has 0 radical (unpaired) electrons. The third-order valence-corrected chi connectivity index (χ3v) is 1.30. The molecule has 0 spiro atoms. The molecule has 0 aliphatic heterocycles. The van der Waals surface area contributed by atoms with Crippen LogP contribution in [0.4, 0.5) is 0 Å². The molecule has 0 aromatic heterocycles. The van der Waals surface area contributed by atoms with E-state index in [1.165, 1.54) is 8.20 Å². The summed E-state index contributed by atoms with van der Waals surface area (Å²) in [7, 11) is 3.33. The van der Waals surface area contributed by atoms with E-state index in [1.807, 2.05) is 7.05 Å². The van der Waals surface area contributed by atoms with Crippen molar-refractivity contribution in [2.75, 3.05) is 13.3 Å². The molecule has 0 saturated carbocycles. The van der Waals surface area contributed by atoms with Crippen LogP contribution in [0.15, 0.2) is 0 Å². The topological polar surface area (TPSA) is 12.0 Å². The van der Waals surface area contributed by atoms with Gasteiger partial charge in [-0.15, -0.1) is 0 Å². The smallest absolute Gasteiger partial charge is 0.0372 e. The fourth-order valence-corrected chi connectivity index (χ4v) is 0.548. The first-order valence-corrected chi connectivity index (χ1v) is 3.15. The number of hydrogen-bond acceptors (Lipinski definition) is 1. The molecule has 0 fully saturated rings. The van der Waals surface area contributed by atoms with Gasteiger partial charge >= 0.3 is 0 Å². The van der Waals surface area contributed by atoms with Gasteiger partial charge < -0.3 is 5.32 Å². The fourth-order valence-electron chi connectivity index (χ4n) is 0.183. The molecular weight excluding hydrogens is 93.0 g/mol. The van der Waals surface area contributed by atoms with E-state index in [-0.39, 0.29) is 0 Å². The fraction of sp³-hybridized carbons (Fsp3) is 0.750. The number of rotatable bonds is 2. The van der Waals surface area contributed by atoms with E-state index in [2.05, 4.69) is 18.0 Å². The minimum absolute atomic E-state index is 1.08. The summed E-state index contributed by atoms with van der Waals surface area (Å²) >= 11 is 0. The molecule has 1 nitrogen and oxygen atoms in total. The Balaban J connectivity index is 2.66. The van der Waals surface area contributed by atoms with Gasteiger partial charge in [0.1, 0.15) is 0 Å². The Morgan fingerprint density at radius 3 is 2.67 bits per heavy atom. The maximum absolute atomic E-state index is 3.03. The van der Waals surface area contributed by atoms with Crippen molar-refractivity contribution in [3.05, 3.63) is 0 Å². The number of nitrogens with one attached hydrogen (secondary N) is 1. The Morgan fingerprint density at radius 1 is 1.83 bits per heavy atom. The molecule has 6 heavy (non-hydrogen) atoms. The zero-order valence-corrected chi connectivity index (χ0v) is 5.13. The van der Waals surface area contributed by atoms with Gasteiger partial charge in [-0.1, -0.05) is 14.0 Å². The van der Waals surface area contributed by atoms with Gasteiger partial charge in [0.15, 0.2) is 0 Å². The molecule has 0 rings (SSSR count). The first-order chi connectivity index (χ1) is 2.91. The molecule has 1 N–H and O–H groups in total. The summed E-state index contributed by atoms with van der Waals surface area (Å²) in [4.78, 5) is 0. The van der Waals surface area contributed by atoms with Crippen molar-refractivity contribution in [2.24, 2.45) is 0 Å². The molecule has 0 aromatic carbocycles. The van der Waals surface area contributed by atoms with E-state index < -0.39 is 0 Å². The second kappa shape index (κ2) is 5.13. The van der Waals surface area contributed by atoms with Gasteiger partial charge in [-0.2, -0.15) is 0 Å². The zero-order valence-electron chi connectivity index (χ0n) is 4.23. The predicted molar refractivity (Wildman–Crippen MR) is 32.6 cm³/mol. The first kappa shape index (κ1) is 6.13. The van der Waals surface area contributed by atoms with E-state index in [1.54, 1.807) is 0 Å². The normalized spacial score (nSPS) is 10.3. The van der Waals surface area contributed by atoms with Crippen LogP contribution >= 0.6 is 8.20 Å². The predicted octanol–water partition coefficient (Wildman–Crippen LogP) is 0.932. The summed E-state index contributed by atoms with van der Waals surface area (Å²) in [6.07, 6.45) is 1.08. The standard InChI is InChI=1S/C4H10NP/c1-3-6-4-5-2/h3,5H,4H2,1-2H3. The second-order valence-electron chi connectivity index (χ2n) is 0.952. The molecule has 0 aliphatic carbocycles. The van der Waals surface area contributed by atoms with Gasteiger partial charge in [-0.05, 0) is 14.0 Å². The lowest BCUT2D eigenvalue weighted by molar-refractivity contribution is 0.983. The van der Waals surface area contributed by atoms with Crippen LogP contribution < -0.4 is 5.32 Å². The summed E-state index contributed by atoms with van der Waals surface area (Å²) in [6, 6.07) is 0. The Bertz CT molecular complexity index is 42.8. The molecule has 0 heterocycles. The quantitative estimate of drug-likeness (QED) is 0.513. The minimum Gasteiger partial charge on any atom is -0.312 e. The highest BCUT2D eigenvalue weighted by Gasteiger charge is 1.61. The molecule has 0 unspecified atom stereocenters. The van der Waals surface area contributed by atoms with E-state index in [4.69, 9.17) is 0 Å². The van der Waals surface area contributed by atoms with Gasteiger partial charge in [-0.3, -0.25) is 0 Å². The maximum atomic E-state index is 3.03. The van der Waals surface area contributed by atoms with E-state index in [9.17, 15) is 0 Å². The van der Waals surface area contributed by atoms with Crippen molar-refractivity contribution < 1.29 is 0 Å². The van der Waals surface area contributed by atoms with Crippen LogP contribution in [0, 0.1) is 0 Å². The first-order valence-electron chi connectivity index (χ1n) is 2.01. The summed E-state index contributed by atoms with van der Waals surface area (Å²) in [6.45, 7) is 2.05. The number of hydrogen-bond donors (Lipinski definition) is 1. The van der Waals surface area contributed by atoms with E-state index in [0.29, 0.717) is 0 Å². The van der Waals surface area contributed by atoms with Crippen molar-refractivity contribution in [1.82, 2.24) is 5.32 Å². The minimum atomic E-state index is 1.08. The van der Waals surface area contributed by atoms with Crippen LogP contribution in [-0.2, 0) is 0 Å². The largest absolute Gasteiger partial charge is 0.312 e. The third-order valence-electron chi connectivity index (χ3n) is 0.432. The molecular formula is C4H10NP. The molecule has 0 bridgehead atoms. The van der Waals surface area contributed by atoms with Crippen LogP contribution in [-0.4, -0.2) is 19.1 Å². The van der Waals surface area contributed by atoms with Crippen LogP contribution in [0.2, 0.25) is 0 Å². The lowest BCUT2D eigenvalue weighted by Gasteiger charge is -1.81. The molecule has 36 valence electrons. The average Bonchev–Trinajstić information content (AvgIpc) is 1.61. The SMILES string of the molecule is CC=PCNC. The van der Waals surface area contributed by atoms with Crippen LogP contribution in [0.25, 0.3) is 0 Å².